The maximum atomic E-state index is 12.9. The Balaban J connectivity index is 1.70. The summed E-state index contributed by atoms with van der Waals surface area (Å²) in [7, 11) is 0. The summed E-state index contributed by atoms with van der Waals surface area (Å²) >= 11 is 0. The average Bonchev–Trinajstić information content (AvgIpc) is 2.85. The Morgan fingerprint density at radius 3 is 1.82 bits per heavy atom. The van der Waals surface area contributed by atoms with E-state index in [9.17, 15) is 14.7 Å². The smallest absolute Gasteiger partial charge is 0.420 e. The SMILES string of the molecule is CC(C)(C)OC(=O)N(Cc1ccc(-c2nc3cccc(O)c3nc2-c2ccccc2)cc1)C(=O)OC(C)(C)C. The maximum absolute atomic E-state index is 12.9. The highest BCUT2D eigenvalue weighted by Crippen LogP contribution is 2.33. The third kappa shape index (κ3) is 6.90. The molecule has 0 atom stereocenters. The summed E-state index contributed by atoms with van der Waals surface area (Å²) in [5.74, 6) is 0.0588. The summed E-state index contributed by atoms with van der Waals surface area (Å²) in [6.45, 7) is 10.4. The number of amides is 2. The molecule has 202 valence electrons. The largest absolute Gasteiger partial charge is 0.506 e. The van der Waals surface area contributed by atoms with E-state index in [2.05, 4.69) is 0 Å². The van der Waals surface area contributed by atoms with Gasteiger partial charge in [0.15, 0.2) is 0 Å². The molecule has 4 rings (SSSR count). The number of hydrogen-bond donors (Lipinski definition) is 1. The lowest BCUT2D eigenvalue weighted by Gasteiger charge is -2.28. The predicted molar refractivity (Wildman–Crippen MR) is 150 cm³/mol. The van der Waals surface area contributed by atoms with Crippen molar-refractivity contribution < 1.29 is 24.2 Å². The lowest BCUT2D eigenvalue weighted by Crippen LogP contribution is -2.43. The van der Waals surface area contributed by atoms with Gasteiger partial charge in [-0.1, -0.05) is 60.7 Å². The molecular weight excluding hydrogens is 494 g/mol. The van der Waals surface area contributed by atoms with Gasteiger partial charge in [0.05, 0.1) is 23.4 Å². The fraction of sp³-hybridized carbons (Fsp3) is 0.290. The number of phenols is 1. The highest BCUT2D eigenvalue weighted by molar-refractivity contribution is 5.89. The second-order valence-corrected chi connectivity index (χ2v) is 11.2. The minimum atomic E-state index is -0.785. The molecule has 0 saturated carbocycles. The first kappa shape index (κ1) is 27.6. The number of para-hydroxylation sites is 1. The molecule has 1 heterocycles. The van der Waals surface area contributed by atoms with Crippen molar-refractivity contribution in [1.29, 1.82) is 0 Å². The van der Waals surface area contributed by atoms with E-state index in [0.717, 1.165) is 16.0 Å². The zero-order chi connectivity index (χ0) is 28.4. The van der Waals surface area contributed by atoms with E-state index in [4.69, 9.17) is 19.4 Å². The monoisotopic (exact) mass is 527 g/mol. The van der Waals surface area contributed by atoms with Gasteiger partial charge in [0.25, 0.3) is 0 Å². The van der Waals surface area contributed by atoms with Crippen molar-refractivity contribution in [3.05, 3.63) is 78.4 Å². The molecule has 0 aliphatic rings. The third-order valence-electron chi connectivity index (χ3n) is 5.52. The van der Waals surface area contributed by atoms with Crippen molar-refractivity contribution in [2.45, 2.75) is 59.3 Å². The highest BCUT2D eigenvalue weighted by Gasteiger charge is 2.31. The number of phenolic OH excluding ortho intramolecular Hbond substituents is 1. The standard InChI is InChI=1S/C31H33N3O5/c1-30(2,3)38-28(36)34(29(37)39-31(4,5)6)19-20-15-17-22(18-16-20)25-26(21-11-8-7-9-12-21)33-27-23(32-25)13-10-14-24(27)35/h7-18,35H,19H2,1-6H3. The lowest BCUT2D eigenvalue weighted by atomic mass is 10.0. The number of hydrogen-bond acceptors (Lipinski definition) is 7. The van der Waals surface area contributed by atoms with Crippen LogP contribution in [0.25, 0.3) is 33.5 Å². The summed E-state index contributed by atoms with van der Waals surface area (Å²) in [5.41, 5.74) is 3.03. The fourth-order valence-electron chi connectivity index (χ4n) is 3.85. The number of fused-ring (bicyclic) bond motifs is 1. The van der Waals surface area contributed by atoms with Gasteiger partial charge in [-0.25, -0.2) is 24.5 Å². The van der Waals surface area contributed by atoms with Gasteiger partial charge in [0, 0.05) is 11.1 Å². The van der Waals surface area contributed by atoms with Gasteiger partial charge in [0.1, 0.15) is 22.5 Å². The van der Waals surface area contributed by atoms with Crippen LogP contribution in [0.2, 0.25) is 0 Å². The molecule has 0 fully saturated rings. The molecule has 0 aliphatic carbocycles. The first-order valence-electron chi connectivity index (χ1n) is 12.7. The molecule has 8 heteroatoms. The summed E-state index contributed by atoms with van der Waals surface area (Å²) < 4.78 is 10.9. The van der Waals surface area contributed by atoms with Crippen molar-refractivity contribution in [2.75, 3.05) is 0 Å². The topological polar surface area (TPSA) is 102 Å². The first-order chi connectivity index (χ1) is 18.3. The zero-order valence-electron chi connectivity index (χ0n) is 23.1. The average molecular weight is 528 g/mol. The second-order valence-electron chi connectivity index (χ2n) is 11.2. The van der Waals surface area contributed by atoms with Crippen molar-refractivity contribution >= 4 is 23.2 Å². The van der Waals surface area contributed by atoms with Gasteiger partial charge >= 0.3 is 12.2 Å². The van der Waals surface area contributed by atoms with Gasteiger partial charge in [0.2, 0.25) is 0 Å². The number of aromatic hydroxyl groups is 1. The maximum Gasteiger partial charge on any atom is 0.420 e. The van der Waals surface area contributed by atoms with Gasteiger partial charge in [-0.3, -0.25) is 0 Å². The van der Waals surface area contributed by atoms with Crippen LogP contribution in [0, 0.1) is 0 Å². The zero-order valence-corrected chi connectivity index (χ0v) is 23.1. The van der Waals surface area contributed by atoms with Gasteiger partial charge < -0.3 is 14.6 Å². The lowest BCUT2D eigenvalue weighted by molar-refractivity contribution is -0.000251. The van der Waals surface area contributed by atoms with Crippen LogP contribution < -0.4 is 0 Å². The Labute approximate surface area is 228 Å². The van der Waals surface area contributed by atoms with Crippen LogP contribution in [0.3, 0.4) is 0 Å². The minimum Gasteiger partial charge on any atom is -0.506 e. The number of nitrogens with zero attached hydrogens (tertiary/aromatic N) is 3. The first-order valence-corrected chi connectivity index (χ1v) is 12.7. The molecular formula is C31H33N3O5. The molecule has 3 aromatic carbocycles. The van der Waals surface area contributed by atoms with Gasteiger partial charge in [-0.15, -0.1) is 0 Å². The van der Waals surface area contributed by atoms with E-state index in [0.29, 0.717) is 28.0 Å². The number of ether oxygens (including phenoxy) is 2. The molecule has 39 heavy (non-hydrogen) atoms. The van der Waals surface area contributed by atoms with E-state index < -0.39 is 23.4 Å². The highest BCUT2D eigenvalue weighted by atomic mass is 16.6. The van der Waals surface area contributed by atoms with E-state index in [1.165, 1.54) is 0 Å². The molecule has 1 N–H and O–H groups in total. The predicted octanol–water partition coefficient (Wildman–Crippen LogP) is 7.34. The van der Waals surface area contributed by atoms with Crippen LogP contribution in [0.4, 0.5) is 9.59 Å². The van der Waals surface area contributed by atoms with Crippen molar-refractivity contribution in [2.24, 2.45) is 0 Å². The molecule has 2 amide bonds. The molecule has 8 nitrogen and oxygen atoms in total. The molecule has 0 aliphatic heterocycles. The van der Waals surface area contributed by atoms with Crippen LogP contribution in [0.5, 0.6) is 5.75 Å². The normalized spacial score (nSPS) is 11.7. The molecule has 1 aromatic heterocycles. The Kier molecular flexibility index (Phi) is 7.58. The fourth-order valence-corrected chi connectivity index (χ4v) is 3.85. The number of carbonyl (C=O) groups is 2. The number of carbonyl (C=O) groups excluding carboxylic acids is 2. The van der Waals surface area contributed by atoms with E-state index in [-0.39, 0.29) is 12.3 Å². The summed E-state index contributed by atoms with van der Waals surface area (Å²) in [5, 5.41) is 10.4. The van der Waals surface area contributed by atoms with Crippen molar-refractivity contribution in [1.82, 2.24) is 14.9 Å². The Hall–Kier alpha value is -4.46. The minimum absolute atomic E-state index is 0.0348. The van der Waals surface area contributed by atoms with Crippen LogP contribution in [-0.2, 0) is 16.0 Å². The molecule has 0 saturated heterocycles. The number of benzene rings is 3. The van der Waals surface area contributed by atoms with Crippen LogP contribution in [0.15, 0.2) is 72.8 Å². The second kappa shape index (κ2) is 10.7. The van der Waals surface area contributed by atoms with Crippen LogP contribution >= 0.6 is 0 Å². The summed E-state index contributed by atoms with van der Waals surface area (Å²) in [4.78, 5) is 36.3. The summed E-state index contributed by atoms with van der Waals surface area (Å²) in [6, 6.07) is 22.1. The van der Waals surface area contributed by atoms with Crippen LogP contribution in [0.1, 0.15) is 47.1 Å². The Morgan fingerprint density at radius 1 is 0.718 bits per heavy atom. The third-order valence-corrected chi connectivity index (χ3v) is 5.52. The van der Waals surface area contributed by atoms with Crippen LogP contribution in [-0.4, -0.2) is 43.4 Å². The molecule has 0 bridgehead atoms. The van der Waals surface area contributed by atoms with E-state index in [1.807, 2.05) is 54.6 Å². The quantitative estimate of drug-likeness (QED) is 0.296. The molecule has 0 radical (unpaired) electrons. The van der Waals surface area contributed by atoms with Gasteiger partial charge in [-0.2, -0.15) is 0 Å². The van der Waals surface area contributed by atoms with Crippen molar-refractivity contribution in [3.63, 3.8) is 0 Å². The Morgan fingerprint density at radius 2 is 1.26 bits per heavy atom. The Bertz CT molecular complexity index is 1460. The number of imide groups is 1. The number of aromatic nitrogens is 2. The summed E-state index contributed by atoms with van der Waals surface area (Å²) in [6.07, 6.45) is -1.57. The number of rotatable bonds is 4. The molecule has 4 aromatic rings. The van der Waals surface area contributed by atoms with Gasteiger partial charge in [-0.05, 0) is 59.2 Å². The molecule has 0 unspecified atom stereocenters. The van der Waals surface area contributed by atoms with E-state index >= 15 is 0 Å². The van der Waals surface area contributed by atoms with Crippen molar-refractivity contribution in [3.8, 4) is 28.3 Å². The van der Waals surface area contributed by atoms with E-state index in [1.54, 1.807) is 59.7 Å². The molecule has 0 spiro atoms.